The molecule has 2 rings (SSSR count). The van der Waals surface area contributed by atoms with Crippen molar-refractivity contribution in [2.75, 3.05) is 25.1 Å². The summed E-state index contributed by atoms with van der Waals surface area (Å²) in [4.78, 5) is 25.9. The molecule has 0 unspecified atom stereocenters. The molecule has 2 amide bonds. The summed E-state index contributed by atoms with van der Waals surface area (Å²) < 4.78 is 22.3. The van der Waals surface area contributed by atoms with Crippen LogP contribution in [0.3, 0.4) is 0 Å². The van der Waals surface area contributed by atoms with Crippen LogP contribution in [0.2, 0.25) is 5.02 Å². The molecule has 1 aliphatic rings. The maximum absolute atomic E-state index is 12.3. The maximum atomic E-state index is 12.3. The first-order valence-electron chi connectivity index (χ1n) is 8.23. The smallest absolute Gasteiger partial charge is 0.223 e. The predicted octanol–water partition coefficient (Wildman–Crippen LogP) is 1.63. The van der Waals surface area contributed by atoms with E-state index in [1.165, 1.54) is 0 Å². The lowest BCUT2D eigenvalue weighted by Crippen LogP contribution is -2.43. The number of nitrogens with one attached hydrogen (secondary N) is 1. The Labute approximate surface area is 153 Å². The molecule has 0 spiro atoms. The molecule has 1 N–H and O–H groups in total. The fourth-order valence-corrected chi connectivity index (χ4v) is 3.54. The Morgan fingerprint density at radius 2 is 1.88 bits per heavy atom. The maximum Gasteiger partial charge on any atom is 0.223 e. The molecule has 1 aromatic rings. The van der Waals surface area contributed by atoms with Crippen LogP contribution in [-0.2, 0) is 26.0 Å². The van der Waals surface area contributed by atoms with Crippen molar-refractivity contribution in [2.45, 2.75) is 25.8 Å². The summed E-state index contributed by atoms with van der Waals surface area (Å²) in [7, 11) is -3.14. The summed E-state index contributed by atoms with van der Waals surface area (Å²) in [6, 6.07) is 7.35. The van der Waals surface area contributed by atoms with Crippen LogP contribution in [-0.4, -0.2) is 50.2 Å². The minimum absolute atomic E-state index is 0.00219. The summed E-state index contributed by atoms with van der Waals surface area (Å²) in [5.41, 5.74) is 0.867. The Morgan fingerprint density at radius 1 is 1.24 bits per heavy atom. The predicted molar refractivity (Wildman–Crippen MR) is 96.9 cm³/mol. The molecule has 8 heteroatoms. The zero-order valence-corrected chi connectivity index (χ0v) is 15.8. The third-order valence-electron chi connectivity index (χ3n) is 4.32. The molecule has 0 radical (unpaired) electrons. The summed E-state index contributed by atoms with van der Waals surface area (Å²) in [6.07, 6.45) is 2.29. The van der Waals surface area contributed by atoms with E-state index < -0.39 is 9.84 Å². The minimum Gasteiger partial charge on any atom is -0.352 e. The minimum atomic E-state index is -3.14. The van der Waals surface area contributed by atoms with Crippen molar-refractivity contribution in [2.24, 2.45) is 5.92 Å². The van der Waals surface area contributed by atoms with Crippen LogP contribution in [0, 0.1) is 5.92 Å². The van der Waals surface area contributed by atoms with Gasteiger partial charge in [-0.25, -0.2) is 8.42 Å². The van der Waals surface area contributed by atoms with Crippen molar-refractivity contribution in [1.29, 1.82) is 0 Å². The number of benzene rings is 1. The van der Waals surface area contributed by atoms with Gasteiger partial charge in [-0.2, -0.15) is 0 Å². The van der Waals surface area contributed by atoms with Crippen molar-refractivity contribution in [3.8, 4) is 0 Å². The first-order chi connectivity index (χ1) is 11.8. The lowest BCUT2D eigenvalue weighted by atomic mass is 9.95. The van der Waals surface area contributed by atoms with E-state index in [1.807, 2.05) is 18.2 Å². The molecule has 0 aromatic heterocycles. The number of halogens is 1. The molecule has 0 aliphatic carbocycles. The number of piperidine rings is 1. The number of nitrogens with zero attached hydrogens (tertiary/aromatic N) is 1. The molecule has 1 aromatic carbocycles. The SMILES string of the molecule is CS(=O)(=O)CCC(=O)N1CCC(C(=O)NCc2ccccc2Cl)CC1. The van der Waals surface area contributed by atoms with Gasteiger partial charge < -0.3 is 10.2 Å². The van der Waals surface area contributed by atoms with E-state index >= 15 is 0 Å². The van der Waals surface area contributed by atoms with Crippen LogP contribution in [0.25, 0.3) is 0 Å². The lowest BCUT2D eigenvalue weighted by molar-refractivity contribution is -0.135. The lowest BCUT2D eigenvalue weighted by Gasteiger charge is -2.31. The second-order valence-electron chi connectivity index (χ2n) is 6.34. The Morgan fingerprint density at radius 3 is 2.48 bits per heavy atom. The molecule has 1 saturated heterocycles. The van der Waals surface area contributed by atoms with Crippen molar-refractivity contribution in [3.63, 3.8) is 0 Å². The zero-order chi connectivity index (χ0) is 18.4. The van der Waals surface area contributed by atoms with E-state index in [0.29, 0.717) is 37.5 Å². The Bertz CT molecular complexity index is 728. The van der Waals surface area contributed by atoms with E-state index in [4.69, 9.17) is 11.6 Å². The van der Waals surface area contributed by atoms with Gasteiger partial charge in [-0.3, -0.25) is 9.59 Å². The van der Waals surface area contributed by atoms with Gasteiger partial charge in [0.1, 0.15) is 9.84 Å². The molecular formula is C17H23ClN2O4S. The molecule has 1 heterocycles. The number of likely N-dealkylation sites (tertiary alicyclic amines) is 1. The number of hydrogen-bond donors (Lipinski definition) is 1. The Balaban J connectivity index is 1.76. The molecule has 6 nitrogen and oxygen atoms in total. The van der Waals surface area contributed by atoms with Crippen molar-refractivity contribution in [3.05, 3.63) is 34.9 Å². The van der Waals surface area contributed by atoms with E-state index in [-0.39, 0.29) is 29.9 Å². The molecule has 0 atom stereocenters. The first kappa shape index (κ1) is 19.7. The third kappa shape index (κ3) is 6.32. The number of carbonyl (C=O) groups is 2. The fourth-order valence-electron chi connectivity index (χ4n) is 2.79. The topological polar surface area (TPSA) is 83.6 Å². The zero-order valence-electron chi connectivity index (χ0n) is 14.2. The van der Waals surface area contributed by atoms with Gasteiger partial charge in [-0.1, -0.05) is 29.8 Å². The molecule has 138 valence electrons. The molecule has 1 fully saturated rings. The van der Waals surface area contributed by atoms with Gasteiger partial charge >= 0.3 is 0 Å². The number of hydrogen-bond acceptors (Lipinski definition) is 4. The van der Waals surface area contributed by atoms with Gasteiger partial charge in [-0.05, 0) is 24.5 Å². The first-order valence-corrected chi connectivity index (χ1v) is 10.7. The van der Waals surface area contributed by atoms with Gasteiger partial charge in [0.2, 0.25) is 11.8 Å². The third-order valence-corrected chi connectivity index (χ3v) is 5.63. The summed E-state index contributed by atoms with van der Waals surface area (Å²) in [6.45, 7) is 1.34. The molecule has 0 saturated carbocycles. The van der Waals surface area contributed by atoms with E-state index in [2.05, 4.69) is 5.32 Å². The number of sulfone groups is 1. The monoisotopic (exact) mass is 386 g/mol. The second kappa shape index (κ2) is 8.67. The molecular weight excluding hydrogens is 364 g/mol. The van der Waals surface area contributed by atoms with Crippen molar-refractivity contribution in [1.82, 2.24) is 10.2 Å². The van der Waals surface area contributed by atoms with Crippen molar-refractivity contribution < 1.29 is 18.0 Å². The molecule has 1 aliphatic heterocycles. The number of rotatable bonds is 6. The van der Waals surface area contributed by atoms with Crippen LogP contribution >= 0.6 is 11.6 Å². The fraction of sp³-hybridized carbons (Fsp3) is 0.529. The highest BCUT2D eigenvalue weighted by Gasteiger charge is 2.27. The summed E-state index contributed by atoms with van der Waals surface area (Å²) in [5.74, 6) is -0.477. The van der Waals surface area contributed by atoms with Gasteiger partial charge in [0.25, 0.3) is 0 Å². The number of amides is 2. The summed E-state index contributed by atoms with van der Waals surface area (Å²) in [5, 5.41) is 3.51. The quantitative estimate of drug-likeness (QED) is 0.805. The van der Waals surface area contributed by atoms with Crippen molar-refractivity contribution >= 4 is 33.3 Å². The van der Waals surface area contributed by atoms with Crippen LogP contribution in [0.15, 0.2) is 24.3 Å². The average molecular weight is 387 g/mol. The van der Waals surface area contributed by atoms with Crippen LogP contribution in [0.5, 0.6) is 0 Å². The van der Waals surface area contributed by atoms with Crippen LogP contribution in [0.4, 0.5) is 0 Å². The van der Waals surface area contributed by atoms with E-state index in [9.17, 15) is 18.0 Å². The summed E-state index contributed by atoms with van der Waals surface area (Å²) >= 11 is 6.07. The Kier molecular flexibility index (Phi) is 6.84. The van der Waals surface area contributed by atoms with Crippen LogP contribution < -0.4 is 5.32 Å². The molecule has 25 heavy (non-hydrogen) atoms. The molecule has 0 bridgehead atoms. The van der Waals surface area contributed by atoms with Gasteiger partial charge in [-0.15, -0.1) is 0 Å². The van der Waals surface area contributed by atoms with Gasteiger partial charge in [0.05, 0.1) is 5.75 Å². The van der Waals surface area contributed by atoms with Crippen LogP contribution in [0.1, 0.15) is 24.8 Å². The van der Waals surface area contributed by atoms with E-state index in [1.54, 1.807) is 11.0 Å². The average Bonchev–Trinajstić information content (AvgIpc) is 2.58. The van der Waals surface area contributed by atoms with E-state index in [0.717, 1.165) is 11.8 Å². The highest BCUT2D eigenvalue weighted by Crippen LogP contribution is 2.19. The standard InChI is InChI=1S/C17H23ClN2O4S/c1-25(23,24)11-8-16(21)20-9-6-13(7-10-20)17(22)19-12-14-4-2-3-5-15(14)18/h2-5,13H,6-12H2,1H3,(H,19,22). The highest BCUT2D eigenvalue weighted by atomic mass is 35.5. The van der Waals surface area contributed by atoms with Gasteiger partial charge in [0, 0.05) is 43.3 Å². The normalized spacial score (nSPS) is 15.8. The Hall–Kier alpha value is -1.60. The number of carbonyl (C=O) groups excluding carboxylic acids is 2. The second-order valence-corrected chi connectivity index (χ2v) is 9.01. The largest absolute Gasteiger partial charge is 0.352 e. The van der Waals surface area contributed by atoms with Gasteiger partial charge in [0.15, 0.2) is 0 Å². The highest BCUT2D eigenvalue weighted by molar-refractivity contribution is 7.90.